The molecule has 28 heavy (non-hydrogen) atoms. The van der Waals surface area contributed by atoms with Gasteiger partial charge < -0.3 is 0 Å². The van der Waals surface area contributed by atoms with E-state index in [1.165, 1.54) is 17.4 Å². The van der Waals surface area contributed by atoms with Crippen LogP contribution in [0.5, 0.6) is 0 Å². The van der Waals surface area contributed by atoms with Gasteiger partial charge in [0.15, 0.2) is 5.13 Å². The van der Waals surface area contributed by atoms with Crippen LogP contribution in [0.2, 0.25) is 0 Å². The predicted octanol–water partition coefficient (Wildman–Crippen LogP) is 4.59. The number of thiazole rings is 1. The molecule has 2 heterocycles. The second-order valence-corrected chi connectivity index (χ2v) is 7.83. The zero-order valence-electron chi connectivity index (χ0n) is 14.3. The lowest BCUT2D eigenvalue weighted by Gasteiger charge is -2.20. The van der Waals surface area contributed by atoms with Crippen LogP contribution >= 0.6 is 27.3 Å². The second-order valence-electron chi connectivity index (χ2n) is 6.02. The van der Waals surface area contributed by atoms with Crippen molar-refractivity contribution >= 4 is 49.1 Å². The van der Waals surface area contributed by atoms with Crippen LogP contribution in [-0.2, 0) is 4.79 Å². The number of anilines is 1. The highest BCUT2D eigenvalue weighted by atomic mass is 79.9. The summed E-state index contributed by atoms with van der Waals surface area (Å²) in [7, 11) is 0. The molecule has 1 amide bonds. The number of hydrogen-bond donors (Lipinski definition) is 1. The Morgan fingerprint density at radius 2 is 1.96 bits per heavy atom. The van der Waals surface area contributed by atoms with E-state index in [0.29, 0.717) is 15.2 Å². The smallest absolute Gasteiger partial charge is 0.259 e. The summed E-state index contributed by atoms with van der Waals surface area (Å²) in [5.41, 5.74) is 0.105. The van der Waals surface area contributed by atoms with Gasteiger partial charge in [0.25, 0.3) is 11.5 Å². The number of halogens is 2. The van der Waals surface area contributed by atoms with Crippen LogP contribution in [0.15, 0.2) is 75.6 Å². The molecule has 0 fully saturated rings. The van der Waals surface area contributed by atoms with E-state index in [1.54, 1.807) is 54.0 Å². The van der Waals surface area contributed by atoms with Crippen molar-refractivity contribution in [3.05, 3.63) is 92.5 Å². The first-order chi connectivity index (χ1) is 13.5. The van der Waals surface area contributed by atoms with Crippen LogP contribution in [0.1, 0.15) is 11.6 Å². The van der Waals surface area contributed by atoms with E-state index in [2.05, 4.69) is 26.2 Å². The molecule has 5 nitrogen and oxygen atoms in total. The van der Waals surface area contributed by atoms with Crippen molar-refractivity contribution in [1.29, 1.82) is 0 Å². The molecule has 0 aliphatic carbocycles. The molecule has 2 aromatic heterocycles. The molecule has 1 atom stereocenters. The molecule has 4 rings (SSSR count). The van der Waals surface area contributed by atoms with Gasteiger partial charge in [-0.1, -0.05) is 52.3 Å². The number of nitrogens with one attached hydrogen (secondary N) is 1. The minimum atomic E-state index is -1.05. The van der Waals surface area contributed by atoms with Gasteiger partial charge in [-0.25, -0.2) is 9.37 Å². The average molecular weight is 458 g/mol. The fourth-order valence-corrected chi connectivity index (χ4v) is 3.91. The van der Waals surface area contributed by atoms with Crippen LogP contribution in [0.3, 0.4) is 0 Å². The minimum Gasteiger partial charge on any atom is -0.300 e. The fourth-order valence-electron chi connectivity index (χ4n) is 3.02. The van der Waals surface area contributed by atoms with Crippen molar-refractivity contribution in [2.45, 2.75) is 6.04 Å². The minimum absolute atomic E-state index is 0.192. The summed E-state index contributed by atoms with van der Waals surface area (Å²) in [5, 5.41) is 5.23. The first-order valence-corrected chi connectivity index (χ1v) is 9.97. The van der Waals surface area contributed by atoms with Crippen molar-refractivity contribution in [3.63, 3.8) is 0 Å². The van der Waals surface area contributed by atoms with Gasteiger partial charge in [-0.2, -0.15) is 0 Å². The Bertz CT molecular complexity index is 1210. The van der Waals surface area contributed by atoms with Crippen LogP contribution in [0.25, 0.3) is 10.8 Å². The molecule has 4 aromatic rings. The fraction of sp³-hybridized carbons (Fsp3) is 0.0500. The topological polar surface area (TPSA) is 64.0 Å². The van der Waals surface area contributed by atoms with Crippen LogP contribution in [-0.4, -0.2) is 15.5 Å². The van der Waals surface area contributed by atoms with Gasteiger partial charge in [-0.05, 0) is 17.7 Å². The molecule has 0 radical (unpaired) electrons. The third-order valence-electron chi connectivity index (χ3n) is 4.26. The van der Waals surface area contributed by atoms with E-state index in [-0.39, 0.29) is 10.8 Å². The molecule has 0 aliphatic rings. The molecule has 8 heteroatoms. The molecule has 0 spiro atoms. The third kappa shape index (κ3) is 3.48. The molecule has 140 valence electrons. The maximum Gasteiger partial charge on any atom is 0.259 e. The summed E-state index contributed by atoms with van der Waals surface area (Å²) >= 11 is 4.57. The molecular formula is C20H13BrFN3O2S. The normalized spacial score (nSPS) is 12.1. The number of aromatic nitrogens is 2. The van der Waals surface area contributed by atoms with Crippen LogP contribution in [0, 0.1) is 5.82 Å². The Morgan fingerprint density at radius 3 is 2.68 bits per heavy atom. The molecule has 1 N–H and O–H groups in total. The van der Waals surface area contributed by atoms with E-state index in [1.807, 2.05) is 0 Å². The van der Waals surface area contributed by atoms with Gasteiger partial charge in [0, 0.05) is 27.6 Å². The maximum absolute atomic E-state index is 14.8. The SMILES string of the molecule is O=C(Nc1nccs1)C(c1ccccc1)n1cc(F)c2ccc(Br)cc2c1=O. The zero-order valence-corrected chi connectivity index (χ0v) is 16.7. The lowest BCUT2D eigenvalue weighted by molar-refractivity contribution is -0.118. The molecule has 0 aliphatic heterocycles. The predicted molar refractivity (Wildman–Crippen MR) is 111 cm³/mol. The first-order valence-electron chi connectivity index (χ1n) is 8.30. The highest BCUT2D eigenvalue weighted by Gasteiger charge is 2.26. The summed E-state index contributed by atoms with van der Waals surface area (Å²) < 4.78 is 16.5. The number of amides is 1. The van der Waals surface area contributed by atoms with E-state index in [9.17, 15) is 14.0 Å². The van der Waals surface area contributed by atoms with E-state index >= 15 is 0 Å². The quantitative estimate of drug-likeness (QED) is 0.487. The monoisotopic (exact) mass is 457 g/mol. The van der Waals surface area contributed by atoms with E-state index in [4.69, 9.17) is 0 Å². The number of rotatable bonds is 4. The number of fused-ring (bicyclic) bond motifs is 1. The average Bonchev–Trinajstić information content (AvgIpc) is 3.19. The van der Waals surface area contributed by atoms with Crippen molar-refractivity contribution in [2.24, 2.45) is 0 Å². The molecule has 1 unspecified atom stereocenters. The second kappa shape index (κ2) is 7.65. The summed E-state index contributed by atoms with van der Waals surface area (Å²) in [4.78, 5) is 30.2. The van der Waals surface area contributed by atoms with Crippen molar-refractivity contribution < 1.29 is 9.18 Å². The van der Waals surface area contributed by atoms with Crippen LogP contribution in [0.4, 0.5) is 9.52 Å². The van der Waals surface area contributed by atoms with Gasteiger partial charge in [0.05, 0.1) is 5.39 Å². The van der Waals surface area contributed by atoms with E-state index < -0.39 is 23.3 Å². The summed E-state index contributed by atoms with van der Waals surface area (Å²) in [6.07, 6.45) is 2.65. The van der Waals surface area contributed by atoms with Gasteiger partial charge in [-0.3, -0.25) is 19.5 Å². The molecule has 0 bridgehead atoms. The Balaban J connectivity index is 1.90. The van der Waals surface area contributed by atoms with Crippen molar-refractivity contribution in [3.8, 4) is 0 Å². The van der Waals surface area contributed by atoms with Gasteiger partial charge in [0.2, 0.25) is 0 Å². The number of carbonyl (C=O) groups excluding carboxylic acids is 1. The molecule has 2 aromatic carbocycles. The molecular weight excluding hydrogens is 445 g/mol. The highest BCUT2D eigenvalue weighted by Crippen LogP contribution is 2.24. The lowest BCUT2D eigenvalue weighted by atomic mass is 10.0. The third-order valence-corrected chi connectivity index (χ3v) is 5.44. The first kappa shape index (κ1) is 18.5. The van der Waals surface area contributed by atoms with E-state index in [0.717, 1.165) is 10.8 Å². The maximum atomic E-state index is 14.8. The Kier molecular flexibility index (Phi) is 5.06. The Labute approximate surface area is 171 Å². The largest absolute Gasteiger partial charge is 0.300 e. The number of nitrogens with zero attached hydrogens (tertiary/aromatic N) is 2. The number of pyridine rings is 1. The molecule has 0 saturated carbocycles. The number of hydrogen-bond acceptors (Lipinski definition) is 4. The number of carbonyl (C=O) groups is 1. The van der Waals surface area contributed by atoms with Gasteiger partial charge >= 0.3 is 0 Å². The standard InChI is InChI=1S/C20H13BrFN3O2S/c21-13-6-7-14-15(10-13)19(27)25(11-16(14)22)17(12-4-2-1-3-5-12)18(26)24-20-23-8-9-28-20/h1-11,17H,(H,23,24,26). The van der Waals surface area contributed by atoms with Gasteiger partial charge in [-0.15, -0.1) is 11.3 Å². The Morgan fingerprint density at radius 1 is 1.18 bits per heavy atom. The highest BCUT2D eigenvalue weighted by molar-refractivity contribution is 9.10. The van der Waals surface area contributed by atoms with Crippen LogP contribution < -0.4 is 10.9 Å². The lowest BCUT2D eigenvalue weighted by Crippen LogP contribution is -2.34. The summed E-state index contributed by atoms with van der Waals surface area (Å²) in [6, 6.07) is 12.5. The summed E-state index contributed by atoms with van der Waals surface area (Å²) in [6.45, 7) is 0. The number of benzene rings is 2. The summed E-state index contributed by atoms with van der Waals surface area (Å²) in [5.74, 6) is -1.05. The zero-order chi connectivity index (χ0) is 19.7. The van der Waals surface area contributed by atoms with Gasteiger partial charge in [0.1, 0.15) is 11.9 Å². The van der Waals surface area contributed by atoms with Crippen molar-refractivity contribution in [2.75, 3.05) is 5.32 Å². The Hall–Kier alpha value is -2.84. The molecule has 0 saturated heterocycles. The van der Waals surface area contributed by atoms with Crippen molar-refractivity contribution in [1.82, 2.24) is 9.55 Å².